The van der Waals surface area contributed by atoms with Crippen molar-refractivity contribution >= 4 is 10.0 Å². The summed E-state index contributed by atoms with van der Waals surface area (Å²) in [6, 6.07) is 23.5. The number of aliphatic hydroxyl groups is 1. The Morgan fingerprint density at radius 2 is 1.50 bits per heavy atom. The zero-order chi connectivity index (χ0) is 23.7. The van der Waals surface area contributed by atoms with Crippen molar-refractivity contribution in [1.29, 1.82) is 0 Å². The van der Waals surface area contributed by atoms with Gasteiger partial charge in [-0.15, -0.1) is 0 Å². The Bertz CT molecular complexity index is 1220. The van der Waals surface area contributed by atoms with Crippen LogP contribution < -0.4 is 0 Å². The molecule has 2 aliphatic rings. The third-order valence-electron chi connectivity index (χ3n) is 7.19. The Kier molecular flexibility index (Phi) is 6.53. The van der Waals surface area contributed by atoms with Gasteiger partial charge in [0.05, 0.1) is 11.5 Å². The second-order valence-corrected chi connectivity index (χ2v) is 11.0. The first kappa shape index (κ1) is 23.2. The molecule has 178 valence electrons. The van der Waals surface area contributed by atoms with Gasteiger partial charge in [0, 0.05) is 31.1 Å². The Labute approximate surface area is 200 Å². The fourth-order valence-corrected chi connectivity index (χ4v) is 6.91. The molecule has 3 aromatic rings. The predicted octanol–water partition coefficient (Wildman–Crippen LogP) is 4.11. The van der Waals surface area contributed by atoms with E-state index < -0.39 is 15.8 Å². The minimum atomic E-state index is -3.74. The normalized spacial score (nSPS) is 24.0. The summed E-state index contributed by atoms with van der Waals surface area (Å²) < 4.78 is 41.7. The number of nitrogens with zero attached hydrogens (tertiary/aromatic N) is 2. The first-order valence-corrected chi connectivity index (χ1v) is 13.2. The van der Waals surface area contributed by atoms with Gasteiger partial charge >= 0.3 is 0 Å². The third-order valence-corrected chi connectivity index (χ3v) is 9.07. The van der Waals surface area contributed by atoms with E-state index in [-0.39, 0.29) is 29.5 Å². The summed E-state index contributed by atoms with van der Waals surface area (Å²) in [5, 5.41) is 10.2. The Morgan fingerprint density at radius 3 is 2.18 bits per heavy atom. The van der Waals surface area contributed by atoms with Gasteiger partial charge in [-0.2, -0.15) is 4.31 Å². The molecule has 0 saturated carbocycles. The first-order chi connectivity index (χ1) is 16.5. The lowest BCUT2D eigenvalue weighted by Gasteiger charge is -2.57. The molecule has 0 aliphatic carbocycles. The lowest BCUT2D eigenvalue weighted by atomic mass is 9.74. The second-order valence-electron chi connectivity index (χ2n) is 9.09. The predicted molar refractivity (Wildman–Crippen MR) is 130 cm³/mol. The SMILES string of the molecule is O=S(=O)(c1ccc(F)cc1)N1CCCCN2[C@H](CO)[C@H](c3ccc(-c4ccccc4)cc3)[C@@H]2C1. The standard InChI is InChI=1S/C27H29FN2O3S/c28-23-12-14-24(15-13-23)34(32,33)29-16-4-5-17-30-25(18-29)27(26(30)19-31)22-10-8-21(9-11-22)20-6-2-1-3-7-20/h1-3,6-15,25-27,31H,4-5,16-19H2/t25-,26+,27+/m0/s1. The zero-order valence-electron chi connectivity index (χ0n) is 18.9. The number of hydrogen-bond acceptors (Lipinski definition) is 4. The van der Waals surface area contributed by atoms with Crippen LogP contribution in [0.4, 0.5) is 4.39 Å². The number of sulfonamides is 1. The number of fused-ring (bicyclic) bond motifs is 1. The maximum atomic E-state index is 13.4. The van der Waals surface area contributed by atoms with Gasteiger partial charge < -0.3 is 5.11 Å². The largest absolute Gasteiger partial charge is 0.395 e. The Hall–Kier alpha value is -2.58. The molecule has 7 heteroatoms. The van der Waals surface area contributed by atoms with Crippen LogP contribution in [-0.2, 0) is 10.0 Å². The van der Waals surface area contributed by atoms with Crippen molar-refractivity contribution in [3.8, 4) is 11.1 Å². The fourth-order valence-electron chi connectivity index (χ4n) is 5.41. The Morgan fingerprint density at radius 1 is 0.853 bits per heavy atom. The summed E-state index contributed by atoms with van der Waals surface area (Å²) >= 11 is 0. The quantitative estimate of drug-likeness (QED) is 0.597. The molecule has 0 radical (unpaired) electrons. The highest BCUT2D eigenvalue weighted by molar-refractivity contribution is 7.89. The molecule has 2 aliphatic heterocycles. The summed E-state index contributed by atoms with van der Waals surface area (Å²) in [6.07, 6.45) is 1.61. The topological polar surface area (TPSA) is 60.9 Å². The van der Waals surface area contributed by atoms with Gasteiger partial charge in [-0.25, -0.2) is 12.8 Å². The van der Waals surface area contributed by atoms with E-state index in [0.29, 0.717) is 13.1 Å². The van der Waals surface area contributed by atoms with Crippen molar-refractivity contribution in [3.63, 3.8) is 0 Å². The molecule has 1 N–H and O–H groups in total. The van der Waals surface area contributed by atoms with Gasteiger partial charge in [0.15, 0.2) is 0 Å². The molecule has 0 spiro atoms. The molecule has 0 bridgehead atoms. The van der Waals surface area contributed by atoms with Crippen LogP contribution in [0.5, 0.6) is 0 Å². The molecule has 0 amide bonds. The summed E-state index contributed by atoms with van der Waals surface area (Å²) in [5.41, 5.74) is 3.38. The number of aliphatic hydroxyl groups excluding tert-OH is 1. The molecule has 3 aromatic carbocycles. The molecule has 3 atom stereocenters. The van der Waals surface area contributed by atoms with E-state index in [0.717, 1.165) is 36.1 Å². The molecule has 2 saturated heterocycles. The van der Waals surface area contributed by atoms with Gasteiger partial charge in [-0.05, 0) is 60.3 Å². The van der Waals surface area contributed by atoms with E-state index >= 15 is 0 Å². The van der Waals surface area contributed by atoms with Crippen LogP contribution in [0.1, 0.15) is 24.3 Å². The molecule has 5 nitrogen and oxygen atoms in total. The van der Waals surface area contributed by atoms with E-state index in [4.69, 9.17) is 0 Å². The van der Waals surface area contributed by atoms with E-state index in [1.807, 2.05) is 18.2 Å². The van der Waals surface area contributed by atoms with Crippen molar-refractivity contribution in [3.05, 3.63) is 90.2 Å². The fraction of sp³-hybridized carbons (Fsp3) is 0.333. The summed E-state index contributed by atoms with van der Waals surface area (Å²) in [7, 11) is -3.74. The first-order valence-electron chi connectivity index (χ1n) is 11.8. The number of hydrogen-bond donors (Lipinski definition) is 1. The number of rotatable bonds is 5. The molecule has 0 aromatic heterocycles. The highest BCUT2D eigenvalue weighted by Crippen LogP contribution is 2.43. The summed E-state index contributed by atoms with van der Waals surface area (Å²) in [6.45, 7) is 1.67. The molecule has 2 fully saturated rings. The summed E-state index contributed by atoms with van der Waals surface area (Å²) in [4.78, 5) is 2.37. The van der Waals surface area contributed by atoms with Crippen molar-refractivity contribution in [2.24, 2.45) is 0 Å². The van der Waals surface area contributed by atoms with Gasteiger partial charge in [0.1, 0.15) is 5.82 Å². The minimum absolute atomic E-state index is 0.0183. The highest BCUT2D eigenvalue weighted by atomic mass is 32.2. The van der Waals surface area contributed by atoms with Crippen LogP contribution in [0, 0.1) is 5.82 Å². The smallest absolute Gasteiger partial charge is 0.243 e. The van der Waals surface area contributed by atoms with E-state index in [2.05, 4.69) is 41.3 Å². The van der Waals surface area contributed by atoms with Crippen LogP contribution in [-0.4, -0.2) is 61.1 Å². The monoisotopic (exact) mass is 480 g/mol. The molecular weight excluding hydrogens is 451 g/mol. The average molecular weight is 481 g/mol. The molecule has 2 heterocycles. The minimum Gasteiger partial charge on any atom is -0.395 e. The zero-order valence-corrected chi connectivity index (χ0v) is 19.7. The van der Waals surface area contributed by atoms with Crippen LogP contribution in [0.2, 0.25) is 0 Å². The number of benzene rings is 3. The van der Waals surface area contributed by atoms with Gasteiger partial charge in [0.25, 0.3) is 0 Å². The number of halogens is 1. The van der Waals surface area contributed by atoms with Crippen molar-refractivity contribution < 1.29 is 17.9 Å². The van der Waals surface area contributed by atoms with Crippen molar-refractivity contribution in [2.75, 3.05) is 26.2 Å². The maximum Gasteiger partial charge on any atom is 0.243 e. The van der Waals surface area contributed by atoms with Crippen LogP contribution >= 0.6 is 0 Å². The van der Waals surface area contributed by atoms with Crippen molar-refractivity contribution in [1.82, 2.24) is 9.21 Å². The lowest BCUT2D eigenvalue weighted by molar-refractivity contribution is -0.0553. The van der Waals surface area contributed by atoms with Crippen LogP contribution in [0.3, 0.4) is 0 Å². The van der Waals surface area contributed by atoms with Crippen LogP contribution in [0.15, 0.2) is 83.8 Å². The summed E-state index contributed by atoms with van der Waals surface area (Å²) in [5.74, 6) is -0.416. The highest BCUT2D eigenvalue weighted by Gasteiger charge is 2.50. The molecule has 34 heavy (non-hydrogen) atoms. The van der Waals surface area contributed by atoms with E-state index in [9.17, 15) is 17.9 Å². The lowest BCUT2D eigenvalue weighted by Crippen LogP contribution is -2.67. The average Bonchev–Trinajstić information content (AvgIpc) is 2.84. The molecule has 0 unspecified atom stereocenters. The molecular formula is C27H29FN2O3S. The van der Waals surface area contributed by atoms with Gasteiger partial charge in [0.2, 0.25) is 10.0 Å². The van der Waals surface area contributed by atoms with Gasteiger partial charge in [-0.3, -0.25) is 4.90 Å². The Balaban J connectivity index is 1.42. The second kappa shape index (κ2) is 9.58. The van der Waals surface area contributed by atoms with E-state index in [1.165, 1.54) is 28.6 Å². The maximum absolute atomic E-state index is 13.4. The van der Waals surface area contributed by atoms with Crippen molar-refractivity contribution in [2.45, 2.75) is 35.7 Å². The van der Waals surface area contributed by atoms with Crippen LogP contribution in [0.25, 0.3) is 11.1 Å². The third kappa shape index (κ3) is 4.29. The van der Waals surface area contributed by atoms with Gasteiger partial charge in [-0.1, -0.05) is 54.6 Å². The van der Waals surface area contributed by atoms with E-state index in [1.54, 1.807) is 0 Å². The molecule has 5 rings (SSSR count).